The second-order valence-corrected chi connectivity index (χ2v) is 6.21. The van der Waals surface area contributed by atoms with Crippen LogP contribution < -0.4 is 10.6 Å². The van der Waals surface area contributed by atoms with Gasteiger partial charge in [-0.2, -0.15) is 0 Å². The summed E-state index contributed by atoms with van der Waals surface area (Å²) in [6.07, 6.45) is 6.57. The molecule has 0 radical (unpaired) electrons. The highest BCUT2D eigenvalue weighted by molar-refractivity contribution is 5.95. The summed E-state index contributed by atoms with van der Waals surface area (Å²) >= 11 is 0. The third-order valence-electron chi connectivity index (χ3n) is 4.53. The van der Waals surface area contributed by atoms with Gasteiger partial charge in [-0.25, -0.2) is 4.98 Å². The minimum Gasteiger partial charge on any atom is -0.392 e. The number of rotatable bonds is 3. The molecule has 1 saturated heterocycles. The van der Waals surface area contributed by atoms with E-state index in [1.54, 1.807) is 19.3 Å². The van der Waals surface area contributed by atoms with Crippen molar-refractivity contribution >= 4 is 23.7 Å². The van der Waals surface area contributed by atoms with Crippen molar-refractivity contribution in [2.24, 2.45) is 0 Å². The Labute approximate surface area is 140 Å². The van der Waals surface area contributed by atoms with Crippen molar-refractivity contribution in [3.05, 3.63) is 29.5 Å². The smallest absolute Gasteiger partial charge is 0.243 e. The number of aryl methyl sites for hydroxylation is 1. The number of nitrogens with zero attached hydrogens (tertiary/aromatic N) is 2. The Bertz CT molecular complexity index is 674. The van der Waals surface area contributed by atoms with Gasteiger partial charge in [0.2, 0.25) is 11.8 Å². The van der Waals surface area contributed by atoms with Crippen LogP contribution >= 0.6 is 0 Å². The van der Waals surface area contributed by atoms with E-state index in [4.69, 9.17) is 0 Å². The summed E-state index contributed by atoms with van der Waals surface area (Å²) in [5, 5.41) is 15.1. The molecule has 2 aliphatic heterocycles. The van der Waals surface area contributed by atoms with Crippen molar-refractivity contribution in [2.75, 3.05) is 25.5 Å². The predicted octanol–water partition coefficient (Wildman–Crippen LogP) is 0.161. The topological polar surface area (TPSA) is 94.6 Å². The van der Waals surface area contributed by atoms with Crippen LogP contribution in [0.3, 0.4) is 0 Å². The molecule has 0 aromatic carbocycles. The van der Waals surface area contributed by atoms with Crippen LogP contribution in [-0.4, -0.2) is 59.1 Å². The minimum absolute atomic E-state index is 0.0657. The number of hydrogen-bond donors (Lipinski definition) is 3. The van der Waals surface area contributed by atoms with Crippen molar-refractivity contribution in [3.63, 3.8) is 0 Å². The molecule has 2 amide bonds. The highest BCUT2D eigenvalue weighted by atomic mass is 16.3. The van der Waals surface area contributed by atoms with Gasteiger partial charge in [0, 0.05) is 32.4 Å². The van der Waals surface area contributed by atoms with Crippen LogP contribution in [0.5, 0.6) is 0 Å². The lowest BCUT2D eigenvalue weighted by Crippen LogP contribution is -2.42. The monoisotopic (exact) mass is 330 g/mol. The fourth-order valence-electron chi connectivity index (χ4n) is 3.20. The third kappa shape index (κ3) is 3.63. The Balaban J connectivity index is 1.75. The zero-order chi connectivity index (χ0) is 17.1. The first-order valence-electron chi connectivity index (χ1n) is 8.18. The highest BCUT2D eigenvalue weighted by Gasteiger charge is 2.33. The van der Waals surface area contributed by atoms with Crippen LogP contribution in [0.1, 0.15) is 24.0 Å². The minimum atomic E-state index is -0.344. The number of aliphatic hydroxyl groups excluding tert-OH is 1. The number of likely N-dealkylation sites (N-methyl/N-ethyl adjacent to an activating group) is 1. The Morgan fingerprint density at radius 3 is 3.04 bits per heavy atom. The third-order valence-corrected chi connectivity index (χ3v) is 4.53. The number of amides is 2. The number of likely N-dealkylation sites (tertiary alicyclic amines) is 1. The van der Waals surface area contributed by atoms with Gasteiger partial charge < -0.3 is 15.7 Å². The van der Waals surface area contributed by atoms with Gasteiger partial charge in [-0.05, 0) is 42.5 Å². The molecule has 128 valence electrons. The first-order chi connectivity index (χ1) is 11.6. The average molecular weight is 330 g/mol. The Hall–Kier alpha value is -2.25. The number of hydrogen-bond acceptors (Lipinski definition) is 5. The number of nitrogens with one attached hydrogen (secondary N) is 2. The number of pyridine rings is 1. The van der Waals surface area contributed by atoms with Gasteiger partial charge in [0.1, 0.15) is 5.82 Å². The molecule has 1 aromatic rings. The maximum Gasteiger partial charge on any atom is 0.243 e. The standard InChI is InChI=1S/C17H22N4O3/c1-18-15(23)5-2-11-8-12-3-4-14(21-7-6-13(22)10-21)17(24)20-16(12)19-9-11/h2,5,8-9,13-14,22H,3-4,6-7,10H2,1H3,(H,18,23)(H,19,20,24)/b5-2+/t13-,14-/m1/s1. The number of carbonyl (C=O) groups excluding carboxylic acids is 2. The Kier molecular flexibility index (Phi) is 4.92. The molecule has 2 aliphatic rings. The number of carbonyl (C=O) groups is 2. The van der Waals surface area contributed by atoms with E-state index in [-0.39, 0.29) is 24.0 Å². The maximum absolute atomic E-state index is 12.5. The highest BCUT2D eigenvalue weighted by Crippen LogP contribution is 2.25. The van der Waals surface area contributed by atoms with Gasteiger partial charge >= 0.3 is 0 Å². The summed E-state index contributed by atoms with van der Waals surface area (Å²) in [4.78, 5) is 30.1. The maximum atomic E-state index is 12.5. The number of aromatic nitrogens is 1. The number of fused-ring (bicyclic) bond motifs is 1. The van der Waals surface area contributed by atoms with E-state index in [0.717, 1.165) is 24.1 Å². The zero-order valence-electron chi connectivity index (χ0n) is 13.7. The molecular weight excluding hydrogens is 308 g/mol. The normalized spacial score (nSPS) is 24.5. The molecule has 0 unspecified atom stereocenters. The molecule has 7 heteroatoms. The van der Waals surface area contributed by atoms with Crippen LogP contribution in [0, 0.1) is 0 Å². The molecule has 3 N–H and O–H groups in total. The summed E-state index contributed by atoms with van der Waals surface area (Å²) < 4.78 is 0. The van der Waals surface area contributed by atoms with Crippen LogP contribution in [0.15, 0.2) is 18.3 Å². The van der Waals surface area contributed by atoms with Crippen LogP contribution in [-0.2, 0) is 16.0 Å². The molecule has 24 heavy (non-hydrogen) atoms. The zero-order valence-corrected chi connectivity index (χ0v) is 13.7. The number of anilines is 1. The summed E-state index contributed by atoms with van der Waals surface area (Å²) in [5.74, 6) is 0.342. The predicted molar refractivity (Wildman–Crippen MR) is 90.3 cm³/mol. The number of β-amino-alcohol motifs (C(OH)–C–C–N with tert-alkyl or cyclic N) is 1. The molecule has 0 bridgehead atoms. The Morgan fingerprint density at radius 2 is 2.33 bits per heavy atom. The van der Waals surface area contributed by atoms with Crippen molar-refractivity contribution in [1.82, 2.24) is 15.2 Å². The molecule has 0 aliphatic carbocycles. The van der Waals surface area contributed by atoms with Gasteiger partial charge in [0.25, 0.3) is 0 Å². The van der Waals surface area contributed by atoms with Crippen molar-refractivity contribution in [1.29, 1.82) is 0 Å². The quantitative estimate of drug-likeness (QED) is 0.687. The van der Waals surface area contributed by atoms with E-state index in [9.17, 15) is 14.7 Å². The lowest BCUT2D eigenvalue weighted by Gasteiger charge is -2.24. The molecule has 2 atom stereocenters. The van der Waals surface area contributed by atoms with Crippen LogP contribution in [0.2, 0.25) is 0 Å². The molecule has 7 nitrogen and oxygen atoms in total. The van der Waals surface area contributed by atoms with E-state index >= 15 is 0 Å². The Morgan fingerprint density at radius 1 is 1.50 bits per heavy atom. The average Bonchev–Trinajstić information content (AvgIpc) is 2.92. The number of aliphatic hydroxyl groups is 1. The summed E-state index contributed by atoms with van der Waals surface area (Å²) in [6.45, 7) is 1.28. The van der Waals surface area contributed by atoms with Crippen molar-refractivity contribution in [3.8, 4) is 0 Å². The fourth-order valence-corrected chi connectivity index (χ4v) is 3.20. The molecule has 0 saturated carbocycles. The molecule has 0 spiro atoms. The first-order valence-corrected chi connectivity index (χ1v) is 8.18. The first kappa shape index (κ1) is 16.6. The van der Waals surface area contributed by atoms with Gasteiger partial charge in [-0.3, -0.25) is 14.5 Å². The van der Waals surface area contributed by atoms with E-state index in [1.165, 1.54) is 6.08 Å². The molecule has 1 aromatic heterocycles. The second-order valence-electron chi connectivity index (χ2n) is 6.21. The van der Waals surface area contributed by atoms with E-state index in [0.29, 0.717) is 25.2 Å². The lowest BCUT2D eigenvalue weighted by atomic mass is 10.1. The fraction of sp³-hybridized carbons (Fsp3) is 0.471. The van der Waals surface area contributed by atoms with E-state index < -0.39 is 0 Å². The van der Waals surface area contributed by atoms with Crippen molar-refractivity contribution < 1.29 is 14.7 Å². The molecular formula is C17H22N4O3. The van der Waals surface area contributed by atoms with Gasteiger partial charge in [0.15, 0.2) is 0 Å². The van der Waals surface area contributed by atoms with Gasteiger partial charge in [0.05, 0.1) is 12.1 Å². The van der Waals surface area contributed by atoms with E-state index in [1.807, 2.05) is 11.0 Å². The molecule has 3 rings (SSSR count). The van der Waals surface area contributed by atoms with Gasteiger partial charge in [-0.15, -0.1) is 0 Å². The molecule has 3 heterocycles. The summed E-state index contributed by atoms with van der Waals surface area (Å²) in [5.41, 5.74) is 1.78. The SMILES string of the molecule is CNC(=O)/C=C/c1cnc2c(c1)CC[C@@H](N1CC[C@@H](O)C1)C(=O)N2. The molecule has 1 fully saturated rings. The van der Waals surface area contributed by atoms with Gasteiger partial charge in [-0.1, -0.05) is 0 Å². The summed E-state index contributed by atoms with van der Waals surface area (Å²) in [7, 11) is 1.58. The largest absolute Gasteiger partial charge is 0.392 e. The van der Waals surface area contributed by atoms with E-state index in [2.05, 4.69) is 15.6 Å². The van der Waals surface area contributed by atoms with Crippen LogP contribution in [0.25, 0.3) is 6.08 Å². The lowest BCUT2D eigenvalue weighted by molar-refractivity contribution is -0.121. The summed E-state index contributed by atoms with van der Waals surface area (Å²) in [6, 6.07) is 1.71. The second kappa shape index (κ2) is 7.11. The van der Waals surface area contributed by atoms with Crippen molar-refractivity contribution in [2.45, 2.75) is 31.4 Å². The van der Waals surface area contributed by atoms with Crippen LogP contribution in [0.4, 0.5) is 5.82 Å².